The minimum Gasteiger partial charge on any atom is -0.496 e. The zero-order valence-electron chi connectivity index (χ0n) is 20.2. The number of hydrogen-bond donors (Lipinski definition) is 2. The molecular weight excluding hydrogens is 504 g/mol. The van der Waals surface area contributed by atoms with Crippen molar-refractivity contribution in [1.29, 1.82) is 0 Å². The van der Waals surface area contributed by atoms with Crippen LogP contribution in [0.25, 0.3) is 22.5 Å². The highest BCUT2D eigenvalue weighted by Gasteiger charge is 2.28. The van der Waals surface area contributed by atoms with Gasteiger partial charge in [0.05, 0.1) is 31.1 Å². The van der Waals surface area contributed by atoms with Crippen LogP contribution in [0.5, 0.6) is 5.75 Å². The first-order valence-electron chi connectivity index (χ1n) is 11.7. The van der Waals surface area contributed by atoms with Crippen LogP contribution in [-0.4, -0.2) is 57.1 Å². The fourth-order valence-electron chi connectivity index (χ4n) is 4.29. The summed E-state index contributed by atoms with van der Waals surface area (Å²) in [4.78, 5) is 14.8. The van der Waals surface area contributed by atoms with E-state index in [4.69, 9.17) is 10.5 Å². The topological polar surface area (TPSA) is 107 Å². The number of methoxy groups -OCH3 is 1. The summed E-state index contributed by atoms with van der Waals surface area (Å²) in [5.74, 6) is 0.507. The average Bonchev–Trinajstić information content (AvgIpc) is 3.41. The third-order valence-electron chi connectivity index (χ3n) is 6.26. The van der Waals surface area contributed by atoms with Gasteiger partial charge in [-0.2, -0.15) is 13.9 Å². The lowest BCUT2D eigenvalue weighted by atomic mass is 10.0. The number of benzene rings is 1. The minimum absolute atomic E-state index is 0.0331. The van der Waals surface area contributed by atoms with Gasteiger partial charge in [-0.1, -0.05) is 6.07 Å². The van der Waals surface area contributed by atoms with E-state index < -0.39 is 24.6 Å². The van der Waals surface area contributed by atoms with Crippen LogP contribution in [-0.2, 0) is 0 Å². The molecule has 1 aliphatic heterocycles. The van der Waals surface area contributed by atoms with Crippen molar-refractivity contribution in [1.82, 2.24) is 24.7 Å². The van der Waals surface area contributed by atoms with E-state index in [0.29, 0.717) is 46.1 Å². The molecule has 4 aromatic rings. The number of aromatic nitrogens is 5. The molecule has 0 unspecified atom stereocenters. The zero-order valence-corrected chi connectivity index (χ0v) is 20.2. The number of anilines is 3. The number of nitrogens with zero attached hydrogens (tertiary/aromatic N) is 6. The molecule has 1 saturated heterocycles. The van der Waals surface area contributed by atoms with Gasteiger partial charge in [0.15, 0.2) is 5.82 Å². The number of nitrogens with one attached hydrogen (secondary N) is 1. The highest BCUT2D eigenvalue weighted by Crippen LogP contribution is 2.35. The number of hydrogen-bond acceptors (Lipinski definition) is 8. The molecule has 198 valence electrons. The number of alkyl halides is 3. The van der Waals surface area contributed by atoms with Gasteiger partial charge in [-0.05, 0) is 24.6 Å². The normalized spacial score (nSPS) is 17.6. The van der Waals surface area contributed by atoms with E-state index in [1.165, 1.54) is 44.0 Å². The monoisotopic (exact) mass is 528 g/mol. The molecule has 0 amide bonds. The first kappa shape index (κ1) is 25.4. The lowest BCUT2D eigenvalue weighted by Gasteiger charge is -2.35. The molecule has 4 heterocycles. The molecule has 13 heteroatoms. The Morgan fingerprint density at radius 1 is 1.16 bits per heavy atom. The predicted molar refractivity (Wildman–Crippen MR) is 134 cm³/mol. The van der Waals surface area contributed by atoms with Crippen LogP contribution in [0.3, 0.4) is 0 Å². The smallest absolute Gasteiger partial charge is 0.333 e. The Morgan fingerprint density at radius 3 is 2.74 bits per heavy atom. The number of piperidine rings is 1. The van der Waals surface area contributed by atoms with Crippen LogP contribution >= 0.6 is 0 Å². The third-order valence-corrected chi connectivity index (χ3v) is 6.26. The van der Waals surface area contributed by atoms with Crippen molar-refractivity contribution in [3.05, 3.63) is 60.9 Å². The Morgan fingerprint density at radius 2 is 2.00 bits per heavy atom. The number of halogens is 4. The Hall–Kier alpha value is -4.26. The van der Waals surface area contributed by atoms with Crippen LogP contribution in [0.4, 0.5) is 34.9 Å². The maximum atomic E-state index is 14.6. The summed E-state index contributed by atoms with van der Waals surface area (Å²) in [6.07, 6.45) is 4.63. The molecule has 9 nitrogen and oxygen atoms in total. The second kappa shape index (κ2) is 10.6. The van der Waals surface area contributed by atoms with Gasteiger partial charge in [-0.3, -0.25) is 0 Å². The summed E-state index contributed by atoms with van der Waals surface area (Å²) in [5.41, 5.74) is 7.44. The number of nitrogens with two attached hydrogens (primary N) is 1. The fraction of sp³-hybridized carbons (Fsp3) is 0.280. The van der Waals surface area contributed by atoms with Crippen LogP contribution in [0.15, 0.2) is 55.1 Å². The third kappa shape index (κ3) is 5.09. The van der Waals surface area contributed by atoms with E-state index in [1.807, 2.05) is 0 Å². The van der Waals surface area contributed by atoms with Gasteiger partial charge in [0, 0.05) is 48.4 Å². The first-order valence-corrected chi connectivity index (χ1v) is 11.7. The fourth-order valence-corrected chi connectivity index (χ4v) is 4.29. The van der Waals surface area contributed by atoms with E-state index in [0.717, 1.165) is 0 Å². The maximum absolute atomic E-state index is 14.6. The van der Waals surface area contributed by atoms with E-state index >= 15 is 0 Å². The van der Waals surface area contributed by atoms with Gasteiger partial charge in [0.2, 0.25) is 0 Å². The Labute approximate surface area is 215 Å². The van der Waals surface area contributed by atoms with Crippen LogP contribution in [0.2, 0.25) is 0 Å². The van der Waals surface area contributed by atoms with Crippen molar-refractivity contribution in [3.63, 3.8) is 0 Å². The van der Waals surface area contributed by atoms with Crippen LogP contribution < -0.4 is 20.7 Å². The molecule has 0 aliphatic carbocycles. The summed E-state index contributed by atoms with van der Waals surface area (Å²) >= 11 is 0. The SMILES string of the molecule is COc1cccc(F)c1-c1nccc(Nc2cc(N3CC[C@H](N)[C@H](F)C3)c(-c3cnn(C(F)F)c3)cn2)n1. The molecule has 1 fully saturated rings. The van der Waals surface area contributed by atoms with E-state index in [2.05, 4.69) is 25.4 Å². The molecule has 3 aromatic heterocycles. The lowest BCUT2D eigenvalue weighted by molar-refractivity contribution is 0.0566. The number of rotatable bonds is 7. The van der Waals surface area contributed by atoms with Crippen molar-refractivity contribution in [2.45, 2.75) is 25.2 Å². The maximum Gasteiger partial charge on any atom is 0.333 e. The molecule has 5 rings (SSSR count). The van der Waals surface area contributed by atoms with Crippen molar-refractivity contribution < 1.29 is 22.3 Å². The summed E-state index contributed by atoms with van der Waals surface area (Å²) in [6.45, 7) is -2.30. The molecule has 38 heavy (non-hydrogen) atoms. The van der Waals surface area contributed by atoms with Crippen molar-refractivity contribution >= 4 is 17.3 Å². The molecule has 1 aliphatic rings. The summed E-state index contributed by atoms with van der Waals surface area (Å²) in [6, 6.07) is 7.08. The lowest BCUT2D eigenvalue weighted by Crippen LogP contribution is -2.48. The van der Waals surface area contributed by atoms with Gasteiger partial charge < -0.3 is 20.7 Å². The number of ether oxygens (including phenoxy) is 1. The molecule has 2 atom stereocenters. The number of pyridine rings is 1. The van der Waals surface area contributed by atoms with Crippen molar-refractivity contribution in [2.24, 2.45) is 5.73 Å². The van der Waals surface area contributed by atoms with E-state index in [9.17, 15) is 17.6 Å². The first-order chi connectivity index (χ1) is 18.3. The summed E-state index contributed by atoms with van der Waals surface area (Å²) in [7, 11) is 1.42. The zero-order chi connectivity index (χ0) is 26.8. The Bertz CT molecular complexity index is 1430. The van der Waals surface area contributed by atoms with Gasteiger partial charge in [-0.25, -0.2) is 28.4 Å². The minimum atomic E-state index is -2.80. The molecule has 0 radical (unpaired) electrons. The van der Waals surface area contributed by atoms with Gasteiger partial charge >= 0.3 is 6.55 Å². The standard InChI is InChI=1S/C25H24F4N8O/c1-38-20-4-2-3-16(26)23(20)24-31-7-5-21(35-24)34-22-9-19(36-8-6-18(30)17(27)13-36)15(11-32-22)14-10-33-37(12-14)25(28)29/h2-5,7,9-12,17-18,25H,6,8,13,30H2,1H3,(H,31,32,34,35)/t17-,18+/m1/s1. The van der Waals surface area contributed by atoms with E-state index in [1.54, 1.807) is 23.1 Å². The van der Waals surface area contributed by atoms with Gasteiger partial charge in [0.25, 0.3) is 0 Å². The van der Waals surface area contributed by atoms with Crippen molar-refractivity contribution in [2.75, 3.05) is 30.4 Å². The van der Waals surface area contributed by atoms with Crippen molar-refractivity contribution in [3.8, 4) is 28.3 Å². The van der Waals surface area contributed by atoms with Gasteiger partial charge in [-0.15, -0.1) is 0 Å². The predicted octanol–water partition coefficient (Wildman–Crippen LogP) is 4.56. The molecular formula is C25H24F4N8O. The summed E-state index contributed by atoms with van der Waals surface area (Å²) < 4.78 is 61.2. The van der Waals surface area contributed by atoms with Crippen LogP contribution in [0.1, 0.15) is 13.0 Å². The van der Waals surface area contributed by atoms with Crippen LogP contribution in [0, 0.1) is 5.82 Å². The largest absolute Gasteiger partial charge is 0.496 e. The second-order valence-electron chi connectivity index (χ2n) is 8.70. The quantitative estimate of drug-likeness (QED) is 0.336. The Kier molecular flexibility index (Phi) is 7.09. The molecule has 3 N–H and O–H groups in total. The highest BCUT2D eigenvalue weighted by atomic mass is 19.3. The second-order valence-corrected chi connectivity index (χ2v) is 8.70. The highest BCUT2D eigenvalue weighted by molar-refractivity contribution is 5.80. The Balaban J connectivity index is 1.50. The molecule has 0 bridgehead atoms. The van der Waals surface area contributed by atoms with Gasteiger partial charge in [0.1, 0.15) is 29.4 Å². The van der Waals surface area contributed by atoms with E-state index in [-0.39, 0.29) is 23.7 Å². The summed E-state index contributed by atoms with van der Waals surface area (Å²) in [5, 5.41) is 6.77. The average molecular weight is 529 g/mol. The molecule has 0 spiro atoms. The molecule has 1 aromatic carbocycles. The molecule has 0 saturated carbocycles.